The number of methoxy groups -OCH3 is 3. The predicted octanol–water partition coefficient (Wildman–Crippen LogP) is 2.65. The van der Waals surface area contributed by atoms with Gasteiger partial charge >= 0.3 is 0 Å². The van der Waals surface area contributed by atoms with Crippen molar-refractivity contribution in [2.45, 2.75) is 0 Å². The zero-order chi connectivity index (χ0) is 15.4. The lowest BCUT2D eigenvalue weighted by Crippen LogP contribution is -2.05. The fraction of sp³-hybridized carbons (Fsp3) is 0.188. The summed E-state index contributed by atoms with van der Waals surface area (Å²) in [6.45, 7) is 0. The first-order valence-corrected chi connectivity index (χ1v) is 6.25. The van der Waals surface area contributed by atoms with E-state index in [2.05, 4.69) is 0 Å². The number of aromatic hydroxyl groups is 1. The highest BCUT2D eigenvalue weighted by molar-refractivity contribution is 6.12. The highest BCUT2D eigenvalue weighted by Crippen LogP contribution is 2.34. The third kappa shape index (κ3) is 2.76. The molecule has 0 saturated carbocycles. The van der Waals surface area contributed by atoms with Gasteiger partial charge in [0.15, 0.2) is 11.5 Å². The standard InChI is InChI=1S/C16H16O5/c1-19-10-7-8-11(13(17)9-10)15(18)12-5-4-6-14(20-2)16(12)21-3/h4-9,17H,1-3H3. The molecule has 0 aliphatic heterocycles. The Morgan fingerprint density at radius 2 is 1.71 bits per heavy atom. The Balaban J connectivity index is 2.50. The second-order valence-corrected chi connectivity index (χ2v) is 4.25. The summed E-state index contributed by atoms with van der Waals surface area (Å²) in [4.78, 5) is 12.6. The Morgan fingerprint density at radius 1 is 0.952 bits per heavy atom. The van der Waals surface area contributed by atoms with Gasteiger partial charge in [0.05, 0.1) is 32.5 Å². The van der Waals surface area contributed by atoms with Crippen molar-refractivity contribution < 1.29 is 24.1 Å². The molecule has 1 N–H and O–H groups in total. The maximum atomic E-state index is 12.6. The maximum absolute atomic E-state index is 12.6. The van der Waals surface area contributed by atoms with E-state index < -0.39 is 0 Å². The molecule has 0 heterocycles. The van der Waals surface area contributed by atoms with Crippen LogP contribution in [0.4, 0.5) is 0 Å². The molecule has 2 aromatic rings. The van der Waals surface area contributed by atoms with E-state index in [9.17, 15) is 9.90 Å². The number of phenolic OH excluding ortho intramolecular Hbond substituents is 1. The smallest absolute Gasteiger partial charge is 0.200 e. The normalized spacial score (nSPS) is 10.0. The van der Waals surface area contributed by atoms with Gasteiger partial charge in [-0.15, -0.1) is 0 Å². The second-order valence-electron chi connectivity index (χ2n) is 4.25. The van der Waals surface area contributed by atoms with Crippen LogP contribution < -0.4 is 14.2 Å². The maximum Gasteiger partial charge on any atom is 0.200 e. The van der Waals surface area contributed by atoms with Crippen molar-refractivity contribution in [1.82, 2.24) is 0 Å². The van der Waals surface area contributed by atoms with Crippen LogP contribution in [0.25, 0.3) is 0 Å². The van der Waals surface area contributed by atoms with Crippen molar-refractivity contribution >= 4 is 5.78 Å². The molecule has 0 saturated heterocycles. The quantitative estimate of drug-likeness (QED) is 0.857. The number of ether oxygens (including phenoxy) is 3. The van der Waals surface area contributed by atoms with Crippen molar-refractivity contribution in [1.29, 1.82) is 0 Å². The number of benzene rings is 2. The van der Waals surface area contributed by atoms with Gasteiger partial charge in [0.2, 0.25) is 5.78 Å². The van der Waals surface area contributed by atoms with Gasteiger partial charge < -0.3 is 19.3 Å². The molecule has 0 amide bonds. The third-order valence-electron chi connectivity index (χ3n) is 3.10. The largest absolute Gasteiger partial charge is 0.507 e. The molecule has 0 unspecified atom stereocenters. The van der Waals surface area contributed by atoms with Crippen LogP contribution in [0.15, 0.2) is 36.4 Å². The van der Waals surface area contributed by atoms with E-state index in [4.69, 9.17) is 14.2 Å². The van der Waals surface area contributed by atoms with E-state index in [1.807, 2.05) is 0 Å². The van der Waals surface area contributed by atoms with Gasteiger partial charge in [-0.05, 0) is 24.3 Å². The van der Waals surface area contributed by atoms with Crippen molar-refractivity contribution in [3.63, 3.8) is 0 Å². The molecular weight excluding hydrogens is 272 g/mol. The fourth-order valence-electron chi connectivity index (χ4n) is 2.04. The van der Waals surface area contributed by atoms with E-state index in [0.29, 0.717) is 22.8 Å². The van der Waals surface area contributed by atoms with Crippen LogP contribution in [0.3, 0.4) is 0 Å². The average molecular weight is 288 g/mol. The van der Waals surface area contributed by atoms with Crippen LogP contribution in [0.1, 0.15) is 15.9 Å². The Kier molecular flexibility index (Phi) is 4.33. The average Bonchev–Trinajstić information content (AvgIpc) is 2.53. The Labute approximate surface area is 122 Å². The van der Waals surface area contributed by atoms with E-state index in [0.717, 1.165) is 0 Å². The Morgan fingerprint density at radius 3 is 2.29 bits per heavy atom. The first-order valence-electron chi connectivity index (χ1n) is 6.25. The van der Waals surface area contributed by atoms with Crippen LogP contribution >= 0.6 is 0 Å². The number of carbonyl (C=O) groups excluding carboxylic acids is 1. The monoisotopic (exact) mass is 288 g/mol. The van der Waals surface area contributed by atoms with E-state index in [1.165, 1.54) is 33.5 Å². The topological polar surface area (TPSA) is 65.0 Å². The van der Waals surface area contributed by atoms with Crippen LogP contribution in [0, 0.1) is 0 Å². The zero-order valence-corrected chi connectivity index (χ0v) is 12.0. The molecule has 0 atom stereocenters. The molecule has 2 rings (SSSR count). The molecule has 0 radical (unpaired) electrons. The first kappa shape index (κ1) is 14.7. The molecule has 0 aromatic heterocycles. The van der Waals surface area contributed by atoms with Gasteiger partial charge in [-0.1, -0.05) is 6.07 Å². The summed E-state index contributed by atoms with van der Waals surface area (Å²) in [7, 11) is 4.45. The molecule has 0 spiro atoms. The predicted molar refractivity (Wildman–Crippen MR) is 77.6 cm³/mol. The SMILES string of the molecule is COc1ccc(C(=O)c2cccc(OC)c2OC)c(O)c1. The van der Waals surface area contributed by atoms with E-state index in [1.54, 1.807) is 24.3 Å². The lowest BCUT2D eigenvalue weighted by atomic mass is 10.0. The number of phenols is 1. The molecule has 110 valence electrons. The Hall–Kier alpha value is -2.69. The van der Waals surface area contributed by atoms with Crippen molar-refractivity contribution in [3.8, 4) is 23.0 Å². The van der Waals surface area contributed by atoms with Gasteiger partial charge in [-0.3, -0.25) is 4.79 Å². The van der Waals surface area contributed by atoms with Crippen molar-refractivity contribution in [2.75, 3.05) is 21.3 Å². The van der Waals surface area contributed by atoms with E-state index >= 15 is 0 Å². The Bertz CT molecular complexity index is 664. The number of hydrogen-bond donors (Lipinski definition) is 1. The van der Waals surface area contributed by atoms with Crippen molar-refractivity contribution in [2.24, 2.45) is 0 Å². The molecule has 5 heteroatoms. The highest BCUT2D eigenvalue weighted by Gasteiger charge is 2.20. The van der Waals surface area contributed by atoms with Crippen LogP contribution in [0.5, 0.6) is 23.0 Å². The molecule has 5 nitrogen and oxygen atoms in total. The summed E-state index contributed by atoms with van der Waals surface area (Å²) in [5.74, 6) is 0.758. The van der Waals surface area contributed by atoms with Crippen LogP contribution in [-0.2, 0) is 0 Å². The minimum Gasteiger partial charge on any atom is -0.507 e. The molecule has 21 heavy (non-hydrogen) atoms. The van der Waals surface area contributed by atoms with Gasteiger partial charge in [0, 0.05) is 6.07 Å². The first-order chi connectivity index (χ1) is 10.1. The molecular formula is C16H16O5. The highest BCUT2D eigenvalue weighted by atomic mass is 16.5. The number of para-hydroxylation sites is 1. The van der Waals surface area contributed by atoms with E-state index in [-0.39, 0.29) is 17.1 Å². The molecule has 0 aliphatic carbocycles. The molecule has 0 fully saturated rings. The summed E-state index contributed by atoms with van der Waals surface area (Å²) in [6, 6.07) is 9.51. The number of ketones is 1. The number of hydrogen-bond acceptors (Lipinski definition) is 5. The fourth-order valence-corrected chi connectivity index (χ4v) is 2.04. The summed E-state index contributed by atoms with van der Waals surface area (Å²) in [6.07, 6.45) is 0. The van der Waals surface area contributed by atoms with Gasteiger partial charge in [-0.2, -0.15) is 0 Å². The van der Waals surface area contributed by atoms with Gasteiger partial charge in [0.1, 0.15) is 11.5 Å². The number of rotatable bonds is 5. The summed E-state index contributed by atoms with van der Waals surface area (Å²) in [5.41, 5.74) is 0.486. The minimum atomic E-state index is -0.356. The van der Waals surface area contributed by atoms with Gasteiger partial charge in [-0.25, -0.2) is 0 Å². The summed E-state index contributed by atoms with van der Waals surface area (Å²) >= 11 is 0. The van der Waals surface area contributed by atoms with Crippen molar-refractivity contribution in [3.05, 3.63) is 47.5 Å². The van der Waals surface area contributed by atoms with Gasteiger partial charge in [0.25, 0.3) is 0 Å². The summed E-state index contributed by atoms with van der Waals surface area (Å²) < 4.78 is 15.4. The molecule has 0 aliphatic rings. The molecule has 2 aromatic carbocycles. The third-order valence-corrected chi connectivity index (χ3v) is 3.10. The summed E-state index contributed by atoms with van der Waals surface area (Å²) in [5, 5.41) is 9.97. The second kappa shape index (κ2) is 6.17. The lowest BCUT2D eigenvalue weighted by Gasteiger charge is -2.12. The lowest BCUT2D eigenvalue weighted by molar-refractivity contribution is 0.103. The minimum absolute atomic E-state index is 0.149. The molecule has 0 bridgehead atoms. The zero-order valence-electron chi connectivity index (χ0n) is 12.0. The van der Waals surface area contributed by atoms with Crippen LogP contribution in [0.2, 0.25) is 0 Å². The number of carbonyl (C=O) groups is 1. The van der Waals surface area contributed by atoms with Crippen LogP contribution in [-0.4, -0.2) is 32.2 Å².